The van der Waals surface area contributed by atoms with Crippen LogP contribution in [-0.2, 0) is 13.1 Å². The van der Waals surface area contributed by atoms with E-state index in [2.05, 4.69) is 28.9 Å². The summed E-state index contributed by atoms with van der Waals surface area (Å²) >= 11 is 0. The second-order valence-electron chi connectivity index (χ2n) is 4.59. The van der Waals surface area contributed by atoms with Crippen molar-refractivity contribution in [1.29, 1.82) is 0 Å². The fourth-order valence-corrected chi connectivity index (χ4v) is 1.69. The van der Waals surface area contributed by atoms with Crippen LogP contribution in [0.3, 0.4) is 0 Å². The summed E-state index contributed by atoms with van der Waals surface area (Å²) in [6, 6.07) is 2.01. The van der Waals surface area contributed by atoms with Crippen molar-refractivity contribution in [3.8, 4) is 0 Å². The molecular weight excluding hydrogens is 214 g/mol. The van der Waals surface area contributed by atoms with Gasteiger partial charge in [0, 0.05) is 19.2 Å². The van der Waals surface area contributed by atoms with Gasteiger partial charge in [0.1, 0.15) is 0 Å². The van der Waals surface area contributed by atoms with Crippen molar-refractivity contribution in [2.24, 2.45) is 0 Å². The number of aromatic nitrogens is 1. The Morgan fingerprint density at radius 1 is 1.59 bits per heavy atom. The Morgan fingerprint density at radius 2 is 2.35 bits per heavy atom. The van der Waals surface area contributed by atoms with Crippen molar-refractivity contribution in [3.63, 3.8) is 0 Å². The van der Waals surface area contributed by atoms with Gasteiger partial charge in [0.25, 0.3) is 0 Å². The summed E-state index contributed by atoms with van der Waals surface area (Å²) in [4.78, 5) is 2.16. The van der Waals surface area contributed by atoms with Crippen molar-refractivity contribution >= 4 is 0 Å². The van der Waals surface area contributed by atoms with Crippen LogP contribution >= 0.6 is 0 Å². The molecule has 1 aromatic rings. The van der Waals surface area contributed by atoms with E-state index in [0.717, 1.165) is 49.6 Å². The van der Waals surface area contributed by atoms with Crippen molar-refractivity contribution in [3.05, 3.63) is 29.7 Å². The second-order valence-corrected chi connectivity index (χ2v) is 4.59. The van der Waals surface area contributed by atoms with Crippen molar-refractivity contribution in [1.82, 2.24) is 15.4 Å². The maximum absolute atomic E-state index is 5.29. The highest BCUT2D eigenvalue weighted by Crippen LogP contribution is 2.07. The minimum Gasteiger partial charge on any atom is -0.360 e. The van der Waals surface area contributed by atoms with Crippen LogP contribution in [0.1, 0.15) is 31.7 Å². The Bertz CT molecular complexity index is 346. The van der Waals surface area contributed by atoms with Gasteiger partial charge in [-0.3, -0.25) is 4.90 Å². The lowest BCUT2D eigenvalue weighted by Crippen LogP contribution is -2.19. The molecule has 0 radical (unpaired) electrons. The van der Waals surface area contributed by atoms with Crippen molar-refractivity contribution in [2.75, 3.05) is 20.1 Å². The van der Waals surface area contributed by atoms with E-state index in [0.29, 0.717) is 0 Å². The van der Waals surface area contributed by atoms with Crippen molar-refractivity contribution in [2.45, 2.75) is 33.4 Å². The first-order valence-corrected chi connectivity index (χ1v) is 6.10. The molecule has 0 bridgehead atoms. The van der Waals surface area contributed by atoms with E-state index >= 15 is 0 Å². The Morgan fingerprint density at radius 3 is 3.00 bits per heavy atom. The van der Waals surface area contributed by atoms with E-state index in [9.17, 15) is 0 Å². The molecule has 1 N–H and O–H groups in total. The highest BCUT2D eigenvalue weighted by molar-refractivity contribution is 5.05. The number of nitrogens with one attached hydrogen (secondary N) is 1. The van der Waals surface area contributed by atoms with Gasteiger partial charge in [-0.05, 0) is 26.9 Å². The molecule has 0 aliphatic heterocycles. The zero-order valence-electron chi connectivity index (χ0n) is 11.1. The quantitative estimate of drug-likeness (QED) is 0.556. The fourth-order valence-electron chi connectivity index (χ4n) is 1.69. The van der Waals surface area contributed by atoms with Gasteiger partial charge in [0.15, 0.2) is 5.76 Å². The number of nitrogens with zero attached hydrogens (tertiary/aromatic N) is 2. The summed E-state index contributed by atoms with van der Waals surface area (Å²) in [6.45, 7) is 11.5. The summed E-state index contributed by atoms with van der Waals surface area (Å²) in [7, 11) is 2.05. The lowest BCUT2D eigenvalue weighted by molar-refractivity contribution is 0.286. The van der Waals surface area contributed by atoms with E-state index in [4.69, 9.17) is 4.52 Å². The van der Waals surface area contributed by atoms with Gasteiger partial charge in [-0.1, -0.05) is 24.2 Å². The molecule has 0 unspecified atom stereocenters. The molecule has 0 saturated carbocycles. The lowest BCUT2D eigenvalue weighted by Gasteiger charge is -2.13. The summed E-state index contributed by atoms with van der Waals surface area (Å²) in [5.74, 6) is 0.905. The van der Waals surface area contributed by atoms with Crippen LogP contribution < -0.4 is 5.32 Å². The van der Waals surface area contributed by atoms with Gasteiger partial charge in [0.05, 0.1) is 12.2 Å². The monoisotopic (exact) mass is 237 g/mol. The maximum atomic E-state index is 5.29. The average Bonchev–Trinajstić information content (AvgIpc) is 2.64. The van der Waals surface area contributed by atoms with Crippen LogP contribution in [0.4, 0.5) is 0 Å². The van der Waals surface area contributed by atoms with Gasteiger partial charge in [0.2, 0.25) is 0 Å². The molecule has 0 aliphatic carbocycles. The van der Waals surface area contributed by atoms with Gasteiger partial charge in [-0.15, -0.1) is 0 Å². The first-order chi connectivity index (χ1) is 8.11. The zero-order chi connectivity index (χ0) is 12.7. The van der Waals surface area contributed by atoms with Crippen LogP contribution in [0.15, 0.2) is 22.7 Å². The summed E-state index contributed by atoms with van der Waals surface area (Å²) in [5, 5.41) is 7.33. The highest BCUT2D eigenvalue weighted by Gasteiger charge is 2.06. The Kier molecular flexibility index (Phi) is 5.94. The molecule has 0 saturated heterocycles. The Hall–Kier alpha value is -1.13. The van der Waals surface area contributed by atoms with Crippen molar-refractivity contribution < 1.29 is 4.52 Å². The largest absolute Gasteiger partial charge is 0.360 e. The summed E-state index contributed by atoms with van der Waals surface area (Å²) in [6.07, 6.45) is 1.13. The molecule has 1 heterocycles. The molecule has 0 amide bonds. The fraction of sp³-hybridized carbons (Fsp3) is 0.615. The molecule has 1 rings (SSSR count). The lowest BCUT2D eigenvalue weighted by atomic mass is 10.3. The molecule has 0 fully saturated rings. The van der Waals surface area contributed by atoms with Gasteiger partial charge >= 0.3 is 0 Å². The van der Waals surface area contributed by atoms with Crippen LogP contribution in [0.5, 0.6) is 0 Å². The van der Waals surface area contributed by atoms with E-state index < -0.39 is 0 Å². The molecule has 0 aliphatic rings. The molecule has 1 aromatic heterocycles. The average molecular weight is 237 g/mol. The Labute approximate surface area is 104 Å². The molecule has 0 aromatic carbocycles. The SMILES string of the molecule is C=C(C)CN(C)Cc1cc(CNCCC)no1. The normalized spacial score (nSPS) is 11.1. The smallest absolute Gasteiger partial charge is 0.151 e. The number of hydrogen-bond acceptors (Lipinski definition) is 4. The third-order valence-electron chi connectivity index (χ3n) is 2.31. The van der Waals surface area contributed by atoms with E-state index in [-0.39, 0.29) is 0 Å². The van der Waals surface area contributed by atoms with Crippen LogP contribution in [-0.4, -0.2) is 30.2 Å². The van der Waals surface area contributed by atoms with Crippen LogP contribution in [0.25, 0.3) is 0 Å². The number of likely N-dealkylation sites (N-methyl/N-ethyl adjacent to an activating group) is 1. The first-order valence-electron chi connectivity index (χ1n) is 6.10. The predicted molar refractivity (Wildman–Crippen MR) is 69.6 cm³/mol. The standard InChI is InChI=1S/C13H23N3O/c1-5-6-14-8-12-7-13(17-15-12)10-16(4)9-11(2)3/h7,14H,2,5-6,8-10H2,1,3-4H3. The zero-order valence-corrected chi connectivity index (χ0v) is 11.1. The first kappa shape index (κ1) is 13.9. The molecule has 17 heavy (non-hydrogen) atoms. The van der Waals surface area contributed by atoms with Gasteiger partial charge < -0.3 is 9.84 Å². The molecule has 0 atom stereocenters. The van der Waals surface area contributed by atoms with E-state index in [1.807, 2.05) is 20.0 Å². The number of rotatable bonds is 8. The van der Waals surface area contributed by atoms with E-state index in [1.54, 1.807) is 0 Å². The van der Waals surface area contributed by atoms with E-state index in [1.165, 1.54) is 0 Å². The van der Waals surface area contributed by atoms with Gasteiger partial charge in [-0.25, -0.2) is 0 Å². The molecule has 4 heteroatoms. The highest BCUT2D eigenvalue weighted by atomic mass is 16.5. The third-order valence-corrected chi connectivity index (χ3v) is 2.31. The predicted octanol–water partition coefficient (Wildman–Crippen LogP) is 2.18. The van der Waals surface area contributed by atoms with Crippen LogP contribution in [0, 0.1) is 0 Å². The molecule has 96 valence electrons. The maximum Gasteiger partial charge on any atom is 0.151 e. The summed E-state index contributed by atoms with van der Waals surface area (Å²) in [5.41, 5.74) is 2.12. The molecule has 4 nitrogen and oxygen atoms in total. The van der Waals surface area contributed by atoms with Crippen LogP contribution in [0.2, 0.25) is 0 Å². The number of hydrogen-bond donors (Lipinski definition) is 1. The minimum atomic E-state index is 0.771. The molecular formula is C13H23N3O. The second kappa shape index (κ2) is 7.25. The summed E-state index contributed by atoms with van der Waals surface area (Å²) < 4.78 is 5.29. The third kappa shape index (κ3) is 5.65. The molecule has 0 spiro atoms. The topological polar surface area (TPSA) is 41.3 Å². The Balaban J connectivity index is 2.37. The minimum absolute atomic E-state index is 0.771. The van der Waals surface area contributed by atoms with Gasteiger partial charge in [-0.2, -0.15) is 0 Å².